The van der Waals surface area contributed by atoms with Crippen molar-refractivity contribution in [1.29, 1.82) is 0 Å². The van der Waals surface area contributed by atoms with Crippen molar-refractivity contribution in [2.24, 2.45) is 5.92 Å². The number of carbonyl (C=O) groups is 3. The van der Waals surface area contributed by atoms with Gasteiger partial charge in [-0.05, 0) is 42.0 Å². The lowest BCUT2D eigenvalue weighted by Gasteiger charge is -2.37. The average Bonchev–Trinajstić information content (AvgIpc) is 3.16. The van der Waals surface area contributed by atoms with Crippen molar-refractivity contribution in [2.75, 3.05) is 32.9 Å². The molecule has 1 heterocycles. The summed E-state index contributed by atoms with van der Waals surface area (Å²) in [6.45, 7) is 2.73. The normalized spacial score (nSPS) is 19.3. The Morgan fingerprint density at radius 2 is 1.71 bits per heavy atom. The van der Waals surface area contributed by atoms with E-state index in [9.17, 15) is 19.5 Å². The lowest BCUT2D eigenvalue weighted by atomic mass is 9.90. The summed E-state index contributed by atoms with van der Waals surface area (Å²) in [6.07, 6.45) is 0.701. The molecule has 1 aliphatic heterocycles. The summed E-state index contributed by atoms with van der Waals surface area (Å²) >= 11 is 0. The fourth-order valence-electron chi connectivity index (χ4n) is 4.94. The topological polar surface area (TPSA) is 105 Å². The molecule has 34 heavy (non-hydrogen) atoms. The minimum Gasteiger partial charge on any atom is -0.481 e. The number of nitrogens with zero attached hydrogens (tertiary/aromatic N) is 1. The maximum atomic E-state index is 12.4. The van der Waals surface area contributed by atoms with Gasteiger partial charge in [-0.3, -0.25) is 9.59 Å². The average molecular weight is 467 g/mol. The molecule has 1 saturated heterocycles. The minimum absolute atomic E-state index is 0.00631. The quantitative estimate of drug-likeness (QED) is 0.579. The second-order valence-corrected chi connectivity index (χ2v) is 8.72. The largest absolute Gasteiger partial charge is 0.481 e. The van der Waals surface area contributed by atoms with Gasteiger partial charge in [0, 0.05) is 25.0 Å². The molecule has 2 N–H and O–H groups in total. The van der Waals surface area contributed by atoms with Crippen LogP contribution in [0.25, 0.3) is 11.1 Å². The van der Waals surface area contributed by atoms with Crippen LogP contribution in [-0.2, 0) is 19.1 Å². The Morgan fingerprint density at radius 1 is 1.06 bits per heavy atom. The van der Waals surface area contributed by atoms with Crippen molar-refractivity contribution >= 4 is 18.0 Å². The van der Waals surface area contributed by atoms with Crippen LogP contribution in [-0.4, -0.2) is 66.9 Å². The van der Waals surface area contributed by atoms with Gasteiger partial charge in [0.05, 0.1) is 12.5 Å². The maximum Gasteiger partial charge on any atom is 0.407 e. The molecule has 0 bridgehead atoms. The van der Waals surface area contributed by atoms with Gasteiger partial charge in [-0.2, -0.15) is 0 Å². The van der Waals surface area contributed by atoms with E-state index >= 15 is 0 Å². The van der Waals surface area contributed by atoms with Gasteiger partial charge in [0.1, 0.15) is 13.2 Å². The molecule has 2 atom stereocenters. The minimum atomic E-state index is -0.877. The third-order valence-electron chi connectivity index (χ3n) is 6.71. The molecular formula is C26H30N2O6. The Balaban J connectivity index is 1.18. The summed E-state index contributed by atoms with van der Waals surface area (Å²) in [5.74, 6) is -1.67. The Labute approximate surface area is 198 Å². The van der Waals surface area contributed by atoms with Gasteiger partial charge in [-0.25, -0.2) is 4.79 Å². The molecule has 0 radical (unpaired) electrons. The van der Waals surface area contributed by atoms with Crippen LogP contribution in [0.4, 0.5) is 4.79 Å². The number of carbonyl (C=O) groups excluding carboxylic acids is 2. The standard InChI is InChI=1S/C26H30N2O6/c1-17-18(25(30)31)11-6-13-28(17)24(29)16-33-14-12-27-26(32)34-15-23-21-9-4-2-7-19(21)20-8-3-5-10-22(20)23/h2-5,7-10,17-18,23H,6,11-16H2,1H3,(H,27,32)(H,30,31)/t17-,18-/m0/s1. The van der Waals surface area contributed by atoms with Crippen LogP contribution in [0.5, 0.6) is 0 Å². The zero-order valence-corrected chi connectivity index (χ0v) is 19.2. The third-order valence-corrected chi connectivity index (χ3v) is 6.71. The molecule has 0 spiro atoms. The van der Waals surface area contributed by atoms with E-state index in [0.717, 1.165) is 11.1 Å². The second kappa shape index (κ2) is 10.7. The van der Waals surface area contributed by atoms with Crippen LogP contribution < -0.4 is 5.32 Å². The van der Waals surface area contributed by atoms with Crippen molar-refractivity contribution in [1.82, 2.24) is 10.2 Å². The predicted molar refractivity (Wildman–Crippen MR) is 125 cm³/mol. The maximum absolute atomic E-state index is 12.4. The second-order valence-electron chi connectivity index (χ2n) is 8.72. The highest BCUT2D eigenvalue weighted by molar-refractivity contribution is 5.80. The van der Waals surface area contributed by atoms with Gasteiger partial charge in [-0.1, -0.05) is 48.5 Å². The molecule has 8 nitrogen and oxygen atoms in total. The molecule has 1 aliphatic carbocycles. The molecule has 1 fully saturated rings. The van der Waals surface area contributed by atoms with Gasteiger partial charge >= 0.3 is 12.1 Å². The number of hydrogen-bond acceptors (Lipinski definition) is 5. The number of rotatable bonds is 8. The number of nitrogens with one attached hydrogen (secondary N) is 1. The van der Waals surface area contributed by atoms with Crippen molar-refractivity contribution in [3.63, 3.8) is 0 Å². The Bertz CT molecular complexity index is 1010. The monoisotopic (exact) mass is 466 g/mol. The number of aliphatic carboxylic acids is 1. The summed E-state index contributed by atoms with van der Waals surface area (Å²) in [5.41, 5.74) is 4.64. The van der Waals surface area contributed by atoms with E-state index in [1.807, 2.05) is 24.3 Å². The van der Waals surface area contributed by atoms with Gasteiger partial charge in [0.15, 0.2) is 0 Å². The highest BCUT2D eigenvalue weighted by Gasteiger charge is 2.35. The van der Waals surface area contributed by atoms with Crippen LogP contribution in [0, 0.1) is 5.92 Å². The predicted octanol–water partition coefficient (Wildman–Crippen LogP) is 3.25. The summed E-state index contributed by atoms with van der Waals surface area (Å²) in [6, 6.07) is 15.9. The van der Waals surface area contributed by atoms with Gasteiger partial charge in [0.2, 0.25) is 5.91 Å². The highest BCUT2D eigenvalue weighted by Crippen LogP contribution is 2.44. The number of alkyl carbamates (subject to hydrolysis) is 1. The van der Waals surface area contributed by atoms with Crippen molar-refractivity contribution in [2.45, 2.75) is 31.7 Å². The fraction of sp³-hybridized carbons (Fsp3) is 0.423. The molecule has 8 heteroatoms. The van der Waals surface area contributed by atoms with E-state index < -0.39 is 18.0 Å². The molecule has 0 aromatic heterocycles. The van der Waals surface area contributed by atoms with E-state index in [-0.39, 0.29) is 44.2 Å². The first-order valence-corrected chi connectivity index (χ1v) is 11.7. The number of piperidine rings is 1. The number of carboxylic acids is 1. The zero-order chi connectivity index (χ0) is 24.1. The molecule has 2 aromatic rings. The van der Waals surface area contributed by atoms with E-state index in [1.165, 1.54) is 11.1 Å². The van der Waals surface area contributed by atoms with Gasteiger partial charge in [0.25, 0.3) is 0 Å². The number of hydrogen-bond donors (Lipinski definition) is 2. The Morgan fingerprint density at radius 3 is 2.35 bits per heavy atom. The van der Waals surface area contributed by atoms with Crippen LogP contribution in [0.15, 0.2) is 48.5 Å². The van der Waals surface area contributed by atoms with Crippen molar-refractivity contribution < 1.29 is 29.0 Å². The van der Waals surface area contributed by atoms with Crippen molar-refractivity contribution in [3.8, 4) is 11.1 Å². The SMILES string of the molecule is C[C@H]1[C@@H](C(=O)O)CCCN1C(=O)COCCNC(=O)OCC1c2ccccc2-c2ccccc21. The molecule has 2 amide bonds. The summed E-state index contributed by atoms with van der Waals surface area (Å²) in [4.78, 5) is 37.5. The fourth-order valence-corrected chi connectivity index (χ4v) is 4.94. The Hall–Kier alpha value is -3.39. The van der Waals surface area contributed by atoms with Gasteiger partial charge in [-0.15, -0.1) is 0 Å². The lowest BCUT2D eigenvalue weighted by molar-refractivity contribution is -0.150. The molecule has 4 rings (SSSR count). The number of likely N-dealkylation sites (tertiary alicyclic amines) is 1. The number of fused-ring (bicyclic) bond motifs is 3. The molecule has 0 unspecified atom stereocenters. The summed E-state index contributed by atoms with van der Waals surface area (Å²) < 4.78 is 10.9. The first kappa shape index (κ1) is 23.8. The van der Waals surface area contributed by atoms with E-state index in [2.05, 4.69) is 29.6 Å². The first-order chi connectivity index (χ1) is 16.5. The van der Waals surface area contributed by atoms with E-state index in [4.69, 9.17) is 9.47 Å². The molecule has 180 valence electrons. The third kappa shape index (κ3) is 5.07. The number of amides is 2. The molecular weight excluding hydrogens is 436 g/mol. The zero-order valence-electron chi connectivity index (χ0n) is 19.2. The van der Waals surface area contributed by atoms with Gasteiger partial charge < -0.3 is 24.8 Å². The highest BCUT2D eigenvalue weighted by atomic mass is 16.5. The van der Waals surface area contributed by atoms with Crippen LogP contribution in [0.3, 0.4) is 0 Å². The first-order valence-electron chi connectivity index (χ1n) is 11.7. The molecule has 0 saturated carbocycles. The lowest BCUT2D eigenvalue weighted by Crippen LogP contribution is -2.50. The Kier molecular flexibility index (Phi) is 7.47. The van der Waals surface area contributed by atoms with Crippen LogP contribution >= 0.6 is 0 Å². The summed E-state index contributed by atoms with van der Waals surface area (Å²) in [5, 5.41) is 11.9. The molecule has 2 aliphatic rings. The van der Waals surface area contributed by atoms with Crippen LogP contribution in [0.2, 0.25) is 0 Å². The molecule has 2 aromatic carbocycles. The smallest absolute Gasteiger partial charge is 0.407 e. The number of carboxylic acid groups (broad SMARTS) is 1. The number of benzene rings is 2. The van der Waals surface area contributed by atoms with E-state index in [1.54, 1.807) is 11.8 Å². The van der Waals surface area contributed by atoms with Crippen molar-refractivity contribution in [3.05, 3.63) is 59.7 Å². The number of ether oxygens (including phenoxy) is 2. The van der Waals surface area contributed by atoms with Crippen LogP contribution in [0.1, 0.15) is 36.8 Å². The summed E-state index contributed by atoms with van der Waals surface area (Å²) in [7, 11) is 0. The van der Waals surface area contributed by atoms with E-state index in [0.29, 0.717) is 19.4 Å².